The van der Waals surface area contributed by atoms with Gasteiger partial charge in [-0.2, -0.15) is 0 Å². The van der Waals surface area contributed by atoms with E-state index in [1.807, 2.05) is 62.4 Å². The molecule has 0 saturated heterocycles. The summed E-state index contributed by atoms with van der Waals surface area (Å²) in [6, 6.07) is 15.5. The molecule has 0 atom stereocenters. The molecule has 2 aromatic rings. The van der Waals surface area contributed by atoms with Crippen molar-refractivity contribution in [3.8, 4) is 0 Å². The summed E-state index contributed by atoms with van der Waals surface area (Å²) in [5.74, 6) is -0.00673. The van der Waals surface area contributed by atoms with Gasteiger partial charge in [0.25, 0.3) is 0 Å². The predicted octanol–water partition coefficient (Wildman–Crippen LogP) is 4.11. The third-order valence-electron chi connectivity index (χ3n) is 3.44. The van der Waals surface area contributed by atoms with Gasteiger partial charge in [-0.15, -0.1) is 0 Å². The second kappa shape index (κ2) is 7.97. The molecule has 2 rings (SSSR count). The van der Waals surface area contributed by atoms with Crippen LogP contribution >= 0.6 is 11.6 Å². The van der Waals surface area contributed by atoms with E-state index in [1.165, 1.54) is 5.56 Å². The van der Waals surface area contributed by atoms with Crippen LogP contribution in [0.15, 0.2) is 48.5 Å². The Kier molecular flexibility index (Phi) is 5.99. The van der Waals surface area contributed by atoms with Gasteiger partial charge in [-0.25, -0.2) is 0 Å². The summed E-state index contributed by atoms with van der Waals surface area (Å²) in [5, 5.41) is 3.64. The van der Waals surface area contributed by atoms with Gasteiger partial charge >= 0.3 is 0 Å². The highest BCUT2D eigenvalue weighted by Gasteiger charge is 2.10. The number of aryl methyl sites for hydroxylation is 1. The number of carbonyl (C=O) groups is 1. The van der Waals surface area contributed by atoms with Crippen LogP contribution in [0.25, 0.3) is 0 Å². The molecule has 0 aromatic heterocycles. The molecule has 0 radical (unpaired) electrons. The summed E-state index contributed by atoms with van der Waals surface area (Å²) in [4.78, 5) is 14.2. The smallest absolute Gasteiger partial charge is 0.238 e. The maximum Gasteiger partial charge on any atom is 0.238 e. The number of likely N-dealkylation sites (N-methyl/N-ethyl adjacent to an activating group) is 1. The van der Waals surface area contributed by atoms with Crippen LogP contribution < -0.4 is 5.32 Å². The third kappa shape index (κ3) is 5.17. The van der Waals surface area contributed by atoms with Crippen molar-refractivity contribution in [1.29, 1.82) is 0 Å². The van der Waals surface area contributed by atoms with E-state index in [4.69, 9.17) is 11.6 Å². The van der Waals surface area contributed by atoms with Crippen LogP contribution in [-0.2, 0) is 11.3 Å². The Morgan fingerprint density at radius 1 is 1.18 bits per heavy atom. The quantitative estimate of drug-likeness (QED) is 0.870. The fourth-order valence-corrected chi connectivity index (χ4v) is 2.43. The molecule has 0 saturated carbocycles. The lowest BCUT2D eigenvalue weighted by molar-refractivity contribution is -0.117. The van der Waals surface area contributed by atoms with Crippen molar-refractivity contribution in [2.24, 2.45) is 0 Å². The van der Waals surface area contributed by atoms with Crippen LogP contribution in [0.3, 0.4) is 0 Å². The molecule has 0 spiro atoms. The van der Waals surface area contributed by atoms with Gasteiger partial charge in [-0.3, -0.25) is 9.69 Å². The minimum atomic E-state index is -0.00673. The molecular weight excluding hydrogens is 296 g/mol. The number of rotatable bonds is 6. The van der Waals surface area contributed by atoms with E-state index in [0.717, 1.165) is 22.8 Å². The Morgan fingerprint density at radius 2 is 1.91 bits per heavy atom. The standard InChI is InChI=1S/C18H21ClN2O/c1-3-21(12-15-5-4-6-16(19)11-15)13-18(22)20-17-9-7-14(2)8-10-17/h4-11H,3,12-13H2,1-2H3,(H,20,22). The molecule has 116 valence electrons. The van der Waals surface area contributed by atoms with Crippen LogP contribution in [0.5, 0.6) is 0 Å². The summed E-state index contributed by atoms with van der Waals surface area (Å²) in [6.45, 7) is 5.93. The van der Waals surface area contributed by atoms with Crippen molar-refractivity contribution >= 4 is 23.2 Å². The number of benzene rings is 2. The molecule has 4 heteroatoms. The highest BCUT2D eigenvalue weighted by Crippen LogP contribution is 2.13. The average Bonchev–Trinajstić information content (AvgIpc) is 2.49. The highest BCUT2D eigenvalue weighted by atomic mass is 35.5. The van der Waals surface area contributed by atoms with E-state index in [-0.39, 0.29) is 5.91 Å². The average molecular weight is 317 g/mol. The Hall–Kier alpha value is -1.84. The van der Waals surface area contributed by atoms with Crippen LogP contribution in [0.4, 0.5) is 5.69 Å². The van der Waals surface area contributed by atoms with Gasteiger partial charge in [-0.1, -0.05) is 48.4 Å². The van der Waals surface area contributed by atoms with E-state index in [0.29, 0.717) is 13.1 Å². The van der Waals surface area contributed by atoms with Crippen molar-refractivity contribution in [2.75, 3.05) is 18.4 Å². The maximum absolute atomic E-state index is 12.1. The minimum absolute atomic E-state index is 0.00673. The first-order valence-electron chi connectivity index (χ1n) is 7.40. The number of halogens is 1. The fourth-order valence-electron chi connectivity index (χ4n) is 2.21. The largest absolute Gasteiger partial charge is 0.325 e. The number of nitrogens with one attached hydrogen (secondary N) is 1. The molecule has 0 aliphatic heterocycles. The Bertz CT molecular complexity index is 625. The molecule has 2 aromatic carbocycles. The highest BCUT2D eigenvalue weighted by molar-refractivity contribution is 6.30. The van der Waals surface area contributed by atoms with Crippen molar-refractivity contribution < 1.29 is 4.79 Å². The van der Waals surface area contributed by atoms with E-state index in [1.54, 1.807) is 0 Å². The zero-order valence-electron chi connectivity index (χ0n) is 13.0. The lowest BCUT2D eigenvalue weighted by Crippen LogP contribution is -2.32. The molecule has 1 amide bonds. The first-order valence-corrected chi connectivity index (χ1v) is 7.78. The maximum atomic E-state index is 12.1. The summed E-state index contributed by atoms with van der Waals surface area (Å²) >= 11 is 6.00. The molecule has 3 nitrogen and oxygen atoms in total. The fraction of sp³-hybridized carbons (Fsp3) is 0.278. The monoisotopic (exact) mass is 316 g/mol. The van der Waals surface area contributed by atoms with E-state index >= 15 is 0 Å². The molecule has 0 aliphatic rings. The summed E-state index contributed by atoms with van der Waals surface area (Å²) in [5.41, 5.74) is 3.11. The normalized spacial score (nSPS) is 10.7. The predicted molar refractivity (Wildman–Crippen MR) is 92.2 cm³/mol. The van der Waals surface area contributed by atoms with Gasteiger partial charge in [0.2, 0.25) is 5.91 Å². The van der Waals surface area contributed by atoms with E-state index in [9.17, 15) is 4.79 Å². The second-order valence-electron chi connectivity index (χ2n) is 5.35. The lowest BCUT2D eigenvalue weighted by Gasteiger charge is -2.20. The van der Waals surface area contributed by atoms with E-state index < -0.39 is 0 Å². The van der Waals surface area contributed by atoms with E-state index in [2.05, 4.69) is 10.2 Å². The number of hydrogen-bond acceptors (Lipinski definition) is 2. The first-order chi connectivity index (χ1) is 10.6. The summed E-state index contributed by atoms with van der Waals surface area (Å²) in [7, 11) is 0. The van der Waals surface area contributed by atoms with Crippen LogP contribution in [0.1, 0.15) is 18.1 Å². The van der Waals surface area contributed by atoms with Gasteiger partial charge in [0.05, 0.1) is 6.54 Å². The zero-order chi connectivity index (χ0) is 15.9. The van der Waals surface area contributed by atoms with Gasteiger partial charge in [0.15, 0.2) is 0 Å². The number of nitrogens with zero attached hydrogens (tertiary/aromatic N) is 1. The second-order valence-corrected chi connectivity index (χ2v) is 5.78. The molecule has 22 heavy (non-hydrogen) atoms. The van der Waals surface area contributed by atoms with Gasteiger partial charge in [0, 0.05) is 17.3 Å². The molecule has 0 unspecified atom stereocenters. The SMILES string of the molecule is CCN(CC(=O)Nc1ccc(C)cc1)Cc1cccc(Cl)c1. The van der Waals surface area contributed by atoms with Crippen molar-refractivity contribution in [3.63, 3.8) is 0 Å². The molecular formula is C18H21ClN2O. The molecule has 0 aliphatic carbocycles. The van der Waals surface area contributed by atoms with Crippen LogP contribution in [0, 0.1) is 6.92 Å². The van der Waals surface area contributed by atoms with Crippen molar-refractivity contribution in [3.05, 3.63) is 64.7 Å². The van der Waals surface area contributed by atoms with Crippen molar-refractivity contribution in [1.82, 2.24) is 4.90 Å². The van der Waals surface area contributed by atoms with Crippen molar-refractivity contribution in [2.45, 2.75) is 20.4 Å². The number of carbonyl (C=O) groups excluding carboxylic acids is 1. The molecule has 0 fully saturated rings. The first kappa shape index (κ1) is 16.5. The Morgan fingerprint density at radius 3 is 2.55 bits per heavy atom. The van der Waals surface area contributed by atoms with Crippen LogP contribution in [-0.4, -0.2) is 23.9 Å². The molecule has 0 heterocycles. The Labute approximate surface area is 136 Å². The minimum Gasteiger partial charge on any atom is -0.325 e. The van der Waals surface area contributed by atoms with Gasteiger partial charge < -0.3 is 5.32 Å². The number of amides is 1. The lowest BCUT2D eigenvalue weighted by atomic mass is 10.2. The topological polar surface area (TPSA) is 32.3 Å². The Balaban J connectivity index is 1.91. The van der Waals surface area contributed by atoms with Gasteiger partial charge in [-0.05, 0) is 43.3 Å². The number of anilines is 1. The zero-order valence-corrected chi connectivity index (χ0v) is 13.7. The van der Waals surface area contributed by atoms with Gasteiger partial charge in [0.1, 0.15) is 0 Å². The van der Waals surface area contributed by atoms with Crippen LogP contribution in [0.2, 0.25) is 5.02 Å². The molecule has 1 N–H and O–H groups in total. The summed E-state index contributed by atoms with van der Waals surface area (Å²) < 4.78 is 0. The third-order valence-corrected chi connectivity index (χ3v) is 3.68. The number of hydrogen-bond donors (Lipinski definition) is 1. The molecule has 0 bridgehead atoms. The summed E-state index contributed by atoms with van der Waals surface area (Å²) in [6.07, 6.45) is 0.